The molecule has 0 saturated carbocycles. The number of rotatable bonds is 5. The summed E-state index contributed by atoms with van der Waals surface area (Å²) >= 11 is 6.08. The zero-order chi connectivity index (χ0) is 17.1. The van der Waals surface area contributed by atoms with E-state index in [1.807, 2.05) is 31.2 Å². The SMILES string of the molecule is C=CCOc1cccc(C2Nc3cc(Cl)ccc3C(=O)N2CC)c1. The highest BCUT2D eigenvalue weighted by molar-refractivity contribution is 6.31. The Labute approximate surface area is 146 Å². The van der Waals surface area contributed by atoms with Crippen LogP contribution in [0.2, 0.25) is 5.02 Å². The summed E-state index contributed by atoms with van der Waals surface area (Å²) in [4.78, 5) is 14.6. The molecule has 1 heterocycles. The van der Waals surface area contributed by atoms with Gasteiger partial charge in [-0.2, -0.15) is 0 Å². The molecule has 1 atom stereocenters. The quantitative estimate of drug-likeness (QED) is 0.814. The third kappa shape index (κ3) is 3.10. The Morgan fingerprint density at radius 2 is 2.17 bits per heavy atom. The lowest BCUT2D eigenvalue weighted by Gasteiger charge is -2.37. The fourth-order valence-electron chi connectivity index (χ4n) is 2.84. The van der Waals surface area contributed by atoms with Gasteiger partial charge in [0, 0.05) is 11.6 Å². The van der Waals surface area contributed by atoms with Gasteiger partial charge in [-0.1, -0.05) is 36.4 Å². The lowest BCUT2D eigenvalue weighted by molar-refractivity contribution is 0.0694. The van der Waals surface area contributed by atoms with Gasteiger partial charge in [0.1, 0.15) is 18.5 Å². The van der Waals surface area contributed by atoms with Crippen LogP contribution in [0.5, 0.6) is 5.75 Å². The number of nitrogens with one attached hydrogen (secondary N) is 1. The number of ether oxygens (including phenoxy) is 1. The molecule has 1 aliphatic heterocycles. The van der Waals surface area contributed by atoms with Crippen molar-refractivity contribution < 1.29 is 9.53 Å². The molecule has 1 aliphatic rings. The molecule has 0 spiro atoms. The molecule has 1 amide bonds. The van der Waals surface area contributed by atoms with E-state index < -0.39 is 0 Å². The molecular formula is C19H19ClN2O2. The smallest absolute Gasteiger partial charge is 0.257 e. The summed E-state index contributed by atoms with van der Waals surface area (Å²) < 4.78 is 5.60. The second-order valence-corrected chi connectivity index (χ2v) is 5.94. The van der Waals surface area contributed by atoms with E-state index in [0.29, 0.717) is 23.7 Å². The van der Waals surface area contributed by atoms with Crippen molar-refractivity contribution >= 4 is 23.2 Å². The first-order valence-corrected chi connectivity index (χ1v) is 8.22. The van der Waals surface area contributed by atoms with Crippen molar-refractivity contribution in [3.8, 4) is 5.75 Å². The van der Waals surface area contributed by atoms with Crippen LogP contribution in [0.3, 0.4) is 0 Å². The van der Waals surface area contributed by atoms with Crippen LogP contribution in [0.1, 0.15) is 29.0 Å². The van der Waals surface area contributed by atoms with Crippen molar-refractivity contribution in [3.63, 3.8) is 0 Å². The van der Waals surface area contributed by atoms with Crippen molar-refractivity contribution in [1.82, 2.24) is 4.90 Å². The summed E-state index contributed by atoms with van der Waals surface area (Å²) in [7, 11) is 0. The number of halogens is 1. The van der Waals surface area contributed by atoms with E-state index in [0.717, 1.165) is 17.0 Å². The fourth-order valence-corrected chi connectivity index (χ4v) is 3.01. The highest BCUT2D eigenvalue weighted by Gasteiger charge is 2.32. The maximum atomic E-state index is 12.8. The Bertz CT molecular complexity index is 776. The normalized spacial score (nSPS) is 16.3. The van der Waals surface area contributed by atoms with Gasteiger partial charge in [-0.25, -0.2) is 0 Å². The minimum atomic E-state index is -0.263. The molecule has 2 aromatic rings. The number of nitrogens with zero attached hydrogens (tertiary/aromatic N) is 1. The number of amides is 1. The van der Waals surface area contributed by atoms with Gasteiger partial charge < -0.3 is 15.0 Å². The predicted molar refractivity (Wildman–Crippen MR) is 96.7 cm³/mol. The second kappa shape index (κ2) is 6.97. The van der Waals surface area contributed by atoms with E-state index in [1.165, 1.54) is 0 Å². The summed E-state index contributed by atoms with van der Waals surface area (Å²) in [5.74, 6) is 0.736. The summed E-state index contributed by atoms with van der Waals surface area (Å²) in [5, 5.41) is 4.01. The third-order valence-electron chi connectivity index (χ3n) is 3.96. The molecule has 5 heteroatoms. The topological polar surface area (TPSA) is 41.6 Å². The minimum Gasteiger partial charge on any atom is -0.490 e. The number of anilines is 1. The van der Waals surface area contributed by atoms with E-state index in [4.69, 9.17) is 16.3 Å². The lowest BCUT2D eigenvalue weighted by atomic mass is 10.0. The standard InChI is InChI=1S/C19H19ClN2O2/c1-3-10-24-15-7-5-6-13(11-15)18-21-17-12-14(20)8-9-16(17)19(23)22(18)4-2/h3,5-9,11-12,18,21H,1,4,10H2,2H3. The van der Waals surface area contributed by atoms with Crippen LogP contribution in [0.15, 0.2) is 55.1 Å². The van der Waals surface area contributed by atoms with Crippen LogP contribution < -0.4 is 10.1 Å². The van der Waals surface area contributed by atoms with Crippen molar-refractivity contribution in [2.45, 2.75) is 13.1 Å². The number of carbonyl (C=O) groups excluding carboxylic acids is 1. The van der Waals surface area contributed by atoms with Crippen LogP contribution in [0.25, 0.3) is 0 Å². The van der Waals surface area contributed by atoms with E-state index in [9.17, 15) is 4.79 Å². The van der Waals surface area contributed by atoms with Crippen LogP contribution in [-0.4, -0.2) is 24.0 Å². The molecule has 24 heavy (non-hydrogen) atoms. The second-order valence-electron chi connectivity index (χ2n) is 5.50. The van der Waals surface area contributed by atoms with E-state index in [2.05, 4.69) is 11.9 Å². The molecular weight excluding hydrogens is 324 g/mol. The lowest BCUT2D eigenvalue weighted by Crippen LogP contribution is -2.42. The highest BCUT2D eigenvalue weighted by atomic mass is 35.5. The Morgan fingerprint density at radius 3 is 2.92 bits per heavy atom. The maximum absolute atomic E-state index is 12.8. The average Bonchev–Trinajstić information content (AvgIpc) is 2.59. The van der Waals surface area contributed by atoms with Gasteiger partial charge >= 0.3 is 0 Å². The molecule has 2 aromatic carbocycles. The van der Waals surface area contributed by atoms with Crippen molar-refractivity contribution in [2.24, 2.45) is 0 Å². The van der Waals surface area contributed by atoms with Gasteiger partial charge in [0.2, 0.25) is 0 Å². The number of carbonyl (C=O) groups is 1. The summed E-state index contributed by atoms with van der Waals surface area (Å²) in [6.07, 6.45) is 1.44. The first kappa shape index (κ1) is 16.4. The Kier molecular flexibility index (Phi) is 4.76. The monoisotopic (exact) mass is 342 g/mol. The first-order chi connectivity index (χ1) is 11.6. The van der Waals surface area contributed by atoms with Crippen LogP contribution in [-0.2, 0) is 0 Å². The van der Waals surface area contributed by atoms with E-state index in [-0.39, 0.29) is 12.1 Å². The van der Waals surface area contributed by atoms with Crippen molar-refractivity contribution in [2.75, 3.05) is 18.5 Å². The molecule has 0 aliphatic carbocycles. The number of hydrogen-bond donors (Lipinski definition) is 1. The molecule has 1 N–H and O–H groups in total. The van der Waals surface area contributed by atoms with Gasteiger partial charge in [0.15, 0.2) is 0 Å². The van der Waals surface area contributed by atoms with Gasteiger partial charge in [-0.15, -0.1) is 0 Å². The molecule has 3 rings (SSSR count). The minimum absolute atomic E-state index is 0.00895. The average molecular weight is 343 g/mol. The molecule has 0 fully saturated rings. The molecule has 4 nitrogen and oxygen atoms in total. The van der Waals surface area contributed by atoms with E-state index in [1.54, 1.807) is 29.2 Å². The van der Waals surface area contributed by atoms with Crippen LogP contribution in [0.4, 0.5) is 5.69 Å². The number of fused-ring (bicyclic) bond motifs is 1. The van der Waals surface area contributed by atoms with Crippen molar-refractivity contribution in [1.29, 1.82) is 0 Å². The maximum Gasteiger partial charge on any atom is 0.257 e. The first-order valence-electron chi connectivity index (χ1n) is 7.84. The molecule has 0 saturated heterocycles. The zero-order valence-corrected chi connectivity index (χ0v) is 14.2. The Hall–Kier alpha value is -2.46. The van der Waals surface area contributed by atoms with Gasteiger partial charge in [-0.3, -0.25) is 4.79 Å². The molecule has 0 aromatic heterocycles. The van der Waals surface area contributed by atoms with Gasteiger partial charge in [-0.05, 0) is 42.8 Å². The van der Waals surface area contributed by atoms with Crippen molar-refractivity contribution in [3.05, 3.63) is 71.3 Å². The molecule has 1 unspecified atom stereocenters. The predicted octanol–water partition coefficient (Wildman–Crippen LogP) is 4.49. The van der Waals surface area contributed by atoms with Gasteiger partial charge in [0.25, 0.3) is 5.91 Å². The molecule has 0 radical (unpaired) electrons. The number of benzene rings is 2. The Morgan fingerprint density at radius 1 is 1.33 bits per heavy atom. The molecule has 0 bridgehead atoms. The van der Waals surface area contributed by atoms with E-state index >= 15 is 0 Å². The third-order valence-corrected chi connectivity index (χ3v) is 4.19. The highest BCUT2D eigenvalue weighted by Crippen LogP contribution is 2.35. The van der Waals surface area contributed by atoms with Gasteiger partial charge in [0.05, 0.1) is 11.3 Å². The summed E-state index contributed by atoms with van der Waals surface area (Å²) in [6.45, 7) is 6.65. The largest absolute Gasteiger partial charge is 0.490 e. The number of hydrogen-bond acceptors (Lipinski definition) is 3. The molecule has 124 valence electrons. The summed E-state index contributed by atoms with van der Waals surface area (Å²) in [5.41, 5.74) is 2.34. The zero-order valence-electron chi connectivity index (χ0n) is 13.5. The Balaban J connectivity index is 1.97. The summed E-state index contributed by atoms with van der Waals surface area (Å²) in [6, 6.07) is 13.0. The van der Waals surface area contributed by atoms with Crippen LogP contribution in [0, 0.1) is 0 Å². The fraction of sp³-hybridized carbons (Fsp3) is 0.211. The van der Waals surface area contributed by atoms with Crippen LogP contribution >= 0.6 is 11.6 Å².